The maximum Gasteiger partial charge on any atom is 0.302 e. The zero-order chi connectivity index (χ0) is 76.5. The average molecular weight is 2480 g/mol. The summed E-state index contributed by atoms with van der Waals surface area (Å²) in [5, 5.41) is 0. The van der Waals surface area contributed by atoms with Crippen molar-refractivity contribution in [2.75, 3.05) is 6.61 Å². The van der Waals surface area contributed by atoms with Crippen LogP contribution in [-0.2, 0) is 9.53 Å². The first-order valence-electron chi connectivity index (χ1n) is 15.0. The Morgan fingerprint density at radius 1 is 0.174 bits per heavy atom. The maximum atomic E-state index is 9.82. The largest absolute Gasteiger partial charge is 0.466 e. The summed E-state index contributed by atoms with van der Waals surface area (Å²) >= 11 is 288. The van der Waals surface area contributed by atoms with Crippen molar-refractivity contribution < 1.29 is 9.53 Å². The van der Waals surface area contributed by atoms with Gasteiger partial charge in [-0.25, -0.2) is 0 Å². The van der Waals surface area contributed by atoms with Gasteiger partial charge >= 0.3 is 5.97 Å². The number of ether oxygens (including phenoxy) is 1. The smallest absolute Gasteiger partial charge is 0.302 e. The minimum atomic E-state index is -0.750. The summed E-state index contributed by atoms with van der Waals surface area (Å²) in [6.07, 6.45) is 0. The van der Waals surface area contributed by atoms with E-state index in [1.807, 2.05) is 0 Å². The third-order valence-corrected chi connectivity index (χ3v) is 0.348. The number of hydrogen-bond acceptors (Lipinski definition) is 2. The highest BCUT2D eigenvalue weighted by atomic mass is 35.6. The topological polar surface area (TPSA) is 26.3 Å². The quantitative estimate of drug-likeness (QED) is 0.193. The van der Waals surface area contributed by atoms with Gasteiger partial charge in [0.25, 0.3) is 0 Å². The molecule has 0 amide bonds. The first kappa shape index (κ1) is 159. The Balaban J connectivity index is -0.0000000272. The molecule has 0 radical (unpaired) electrons. The van der Waals surface area contributed by atoms with Gasteiger partial charge in [-0.2, -0.15) is 0 Å². The predicted molar refractivity (Wildman–Crippen MR) is 449 cm³/mol. The molecule has 0 aromatic rings. The number of rotatable bonds is 1. The molecule has 0 rings (SSSR count). The molecular weight excluding hydrogens is 2450 g/mol. The fourth-order valence-corrected chi connectivity index (χ4v) is 0.203. The van der Waals surface area contributed by atoms with Crippen LogP contribution in [-0.4, -0.2) is 98.5 Å². The molecule has 0 bridgehead atoms. The monoisotopic (exact) mass is 2450 g/mol. The van der Waals surface area contributed by atoms with E-state index in [1.165, 1.54) is 6.92 Å². The van der Waals surface area contributed by atoms with E-state index in [0.717, 1.165) is 0 Å². The van der Waals surface area contributed by atoms with Gasteiger partial charge in [-0.3, -0.25) is 4.79 Å². The lowest BCUT2D eigenvalue weighted by Gasteiger charge is -1.89. The van der Waals surface area contributed by atoms with Gasteiger partial charge in [-0.15, -0.1) is 0 Å². The molecule has 0 aliphatic heterocycles. The van der Waals surface area contributed by atoms with Crippen LogP contribution in [0.2, 0.25) is 0 Å². The Hall–Kier alpha value is 16.9. The lowest BCUT2D eigenvalue weighted by atomic mass is 10.8. The third-order valence-electron chi connectivity index (χ3n) is 0.348. The van der Waals surface area contributed by atoms with Crippen molar-refractivity contribution in [3.8, 4) is 0 Å². The van der Waals surface area contributed by atoms with Gasteiger partial charge in [-0.1, -0.05) is 696 Å². The van der Waals surface area contributed by atoms with Crippen molar-refractivity contribution in [1.82, 2.24) is 0 Å². The van der Waals surface area contributed by atoms with E-state index in [1.54, 1.807) is 6.92 Å². The van der Waals surface area contributed by atoms with E-state index in [0.29, 0.717) is 6.61 Å². The Kier molecular flexibility index (Phi) is 286. The minimum Gasteiger partial charge on any atom is -0.466 e. The number of esters is 1. The summed E-state index contributed by atoms with van der Waals surface area (Å²) < 4.78 is -10.6. The van der Waals surface area contributed by atoms with Crippen LogP contribution >= 0.6 is 696 Å². The van der Waals surface area contributed by atoms with Crippen LogP contribution in [0.3, 0.4) is 0 Å². The van der Waals surface area contributed by atoms with Crippen LogP contribution in [0.5, 0.6) is 0 Å². The number of hydrogen-bond donors (Lipinski definition) is 0. The van der Waals surface area contributed by atoms with E-state index in [9.17, 15) is 4.79 Å². The zero-order valence-electron chi connectivity index (χ0n) is 38.2. The van der Waals surface area contributed by atoms with Crippen LogP contribution in [0, 0.1) is 0 Å². The third kappa shape index (κ3) is 2550. The number of alkyl halides is 60. The Bertz CT molecular complexity index is 556. The summed E-state index contributed by atoms with van der Waals surface area (Å²) in [5.74, 6) is -0.211. The van der Waals surface area contributed by atoms with Gasteiger partial charge in [0.05, 0.1) is 6.61 Å². The molecule has 0 N–H and O–H groups in total. The predicted octanol–water partition coefficient (Wildman–Crippen LogP) is 40.3. The fourth-order valence-electron chi connectivity index (χ4n) is 0.203. The summed E-state index contributed by atoms with van der Waals surface area (Å²) in [4.78, 5) is 9.82. The van der Waals surface area contributed by atoms with Crippen molar-refractivity contribution in [3.05, 3.63) is 0 Å². The molecule has 0 aliphatic rings. The van der Waals surface area contributed by atoms with Crippen LogP contribution in [0.15, 0.2) is 0 Å². The summed E-state index contributed by atoms with van der Waals surface area (Å²) in [5.41, 5.74) is 0. The standard InChI is InChI=1S/C4H8O2.20CHCl3/c1-3-6-4(2)5;20*2-1(3)4/h3H2,1-2H3;20*1H. The van der Waals surface area contributed by atoms with E-state index in [-0.39, 0.29) is 5.97 Å². The van der Waals surface area contributed by atoms with Crippen LogP contribution in [0.25, 0.3) is 0 Å². The molecule has 62 heteroatoms. The highest BCUT2D eigenvalue weighted by Crippen LogP contribution is 2.11. The molecular formula is C24H28Cl60O2. The van der Waals surface area contributed by atoms with Crippen molar-refractivity contribution in [2.45, 2.75) is 99.8 Å². The first-order valence-corrected chi connectivity index (χ1v) is 41.2. The zero-order valence-corrected chi connectivity index (χ0v) is 83.6. The second-order valence-electron chi connectivity index (χ2n) is 5.87. The summed E-state index contributed by atoms with van der Waals surface area (Å²) in [6.45, 7) is 3.65. The molecule has 0 aromatic carbocycles. The van der Waals surface area contributed by atoms with Gasteiger partial charge in [0.15, 0.2) is 85.9 Å². The highest BCUT2D eigenvalue weighted by molar-refractivity contribution is 6.70. The van der Waals surface area contributed by atoms with Crippen molar-refractivity contribution >= 4 is 702 Å². The molecule has 0 aromatic heterocycles. The molecule has 0 aliphatic carbocycles. The van der Waals surface area contributed by atoms with Crippen LogP contribution in [0.1, 0.15) is 13.8 Å². The number of halogens is 60. The van der Waals surface area contributed by atoms with E-state index < -0.39 is 85.9 Å². The second kappa shape index (κ2) is 155. The van der Waals surface area contributed by atoms with Gasteiger partial charge < -0.3 is 4.74 Å². The Morgan fingerprint density at radius 2 is 0.209 bits per heavy atom. The normalized spacial score (nSPS) is 8.91. The fraction of sp³-hybridized carbons (Fsp3) is 0.958. The summed E-state index contributed by atoms with van der Waals surface area (Å²) in [7, 11) is 0. The van der Waals surface area contributed by atoms with Gasteiger partial charge in [0.2, 0.25) is 0 Å². The van der Waals surface area contributed by atoms with Crippen molar-refractivity contribution in [1.29, 1.82) is 0 Å². The molecule has 556 valence electrons. The van der Waals surface area contributed by atoms with E-state index >= 15 is 0 Å². The Morgan fingerprint density at radius 3 is 0.209 bits per heavy atom. The minimum absolute atomic E-state index is 0.211. The van der Waals surface area contributed by atoms with Gasteiger partial charge in [0, 0.05) is 6.92 Å². The first-order chi connectivity index (χ1) is 37.4. The number of carbonyl (C=O) groups is 1. The van der Waals surface area contributed by atoms with Crippen LogP contribution in [0.4, 0.5) is 0 Å². The maximum absolute atomic E-state index is 9.82. The lowest BCUT2D eigenvalue weighted by Crippen LogP contribution is -1.95. The molecule has 0 spiro atoms. The Labute approximate surface area is 803 Å². The molecule has 0 saturated heterocycles. The van der Waals surface area contributed by atoms with E-state index in [4.69, 9.17) is 696 Å². The molecule has 0 fully saturated rings. The van der Waals surface area contributed by atoms with Gasteiger partial charge in [-0.05, 0) is 6.92 Å². The second-order valence-corrected chi connectivity index (χ2v) is 45.5. The van der Waals surface area contributed by atoms with Crippen molar-refractivity contribution in [2.24, 2.45) is 0 Å². The molecule has 0 atom stereocenters. The SMILES string of the molecule is CCOC(C)=O.ClC(Cl)Cl.ClC(Cl)Cl.ClC(Cl)Cl.ClC(Cl)Cl.ClC(Cl)Cl.ClC(Cl)Cl.ClC(Cl)Cl.ClC(Cl)Cl.ClC(Cl)Cl.ClC(Cl)Cl.ClC(Cl)Cl.ClC(Cl)Cl.ClC(Cl)Cl.ClC(Cl)Cl.ClC(Cl)Cl.ClC(Cl)Cl.ClC(Cl)Cl.ClC(Cl)Cl.ClC(Cl)Cl.ClC(Cl)Cl. The van der Waals surface area contributed by atoms with Crippen molar-refractivity contribution in [3.63, 3.8) is 0 Å². The lowest BCUT2D eigenvalue weighted by molar-refractivity contribution is -0.140. The molecule has 0 heterocycles. The molecule has 2 nitrogen and oxygen atoms in total. The highest BCUT2D eigenvalue weighted by Gasteiger charge is 1.86. The molecule has 86 heavy (non-hydrogen) atoms. The summed E-state index contributed by atoms with van der Waals surface area (Å²) in [6, 6.07) is 0. The van der Waals surface area contributed by atoms with Crippen LogP contribution < -0.4 is 0 Å². The molecule has 0 saturated carbocycles. The van der Waals surface area contributed by atoms with Gasteiger partial charge in [0.1, 0.15) is 0 Å². The molecule has 0 unspecified atom stereocenters. The van der Waals surface area contributed by atoms with E-state index in [2.05, 4.69) is 4.74 Å². The average Bonchev–Trinajstić information content (AvgIpc) is 3.07. The number of carbonyl (C=O) groups excluding carboxylic acids is 1.